The number of hydrogen-bond donors (Lipinski definition) is 8. The summed E-state index contributed by atoms with van der Waals surface area (Å²) in [6.45, 7) is 11.5. The SMILES string of the molecule is CCCCCCCCCC[C@H]1OC(=O)CNC(=O)[C@H](C(C)O)NC(=O)[C@H](CNC(=N)N)NC(=O)[C@H](C(C)CC)NC(=O)[C@H](CC(C)C)N(C)C(=O)[C@@H]1C. The number of unbranched alkanes of at least 4 members (excludes halogenated alkanes) is 7. The number of nitrogens with zero attached hydrogens (tertiary/aromatic N) is 1. The van der Waals surface area contributed by atoms with Crippen LogP contribution in [0.4, 0.5) is 0 Å². The average molecular weight is 753 g/mol. The quantitative estimate of drug-likeness (QED) is 0.0488. The van der Waals surface area contributed by atoms with E-state index in [4.69, 9.17) is 15.9 Å². The van der Waals surface area contributed by atoms with E-state index in [1.807, 2.05) is 20.8 Å². The first-order valence-corrected chi connectivity index (χ1v) is 19.4. The number of hydrogen-bond acceptors (Lipinski definition) is 9. The van der Waals surface area contributed by atoms with Gasteiger partial charge in [-0.3, -0.25) is 34.2 Å². The molecule has 304 valence electrons. The molecule has 1 rings (SSSR count). The zero-order valence-electron chi connectivity index (χ0n) is 33.2. The van der Waals surface area contributed by atoms with Crippen molar-refractivity contribution in [2.24, 2.45) is 23.5 Å². The molecule has 0 spiro atoms. The number of likely N-dealkylation sites (N-methyl/N-ethyl adjacent to an activating group) is 1. The number of nitrogens with one attached hydrogen (secondary N) is 6. The second-order valence-corrected chi connectivity index (χ2v) is 14.8. The first kappa shape index (κ1) is 47.1. The van der Waals surface area contributed by atoms with Crippen LogP contribution in [0.15, 0.2) is 0 Å². The van der Waals surface area contributed by atoms with Crippen LogP contribution >= 0.6 is 0 Å². The van der Waals surface area contributed by atoms with E-state index in [1.54, 1.807) is 13.8 Å². The molecule has 8 atom stereocenters. The van der Waals surface area contributed by atoms with E-state index in [-0.39, 0.29) is 18.9 Å². The zero-order chi connectivity index (χ0) is 40.2. The predicted octanol–water partition coefficient (Wildman–Crippen LogP) is 1.43. The van der Waals surface area contributed by atoms with Crippen molar-refractivity contribution >= 4 is 41.5 Å². The molecule has 0 bridgehead atoms. The van der Waals surface area contributed by atoms with Gasteiger partial charge in [0, 0.05) is 13.6 Å². The molecule has 9 N–H and O–H groups in total. The molecule has 16 nitrogen and oxygen atoms in total. The predicted molar refractivity (Wildman–Crippen MR) is 202 cm³/mol. The van der Waals surface area contributed by atoms with Crippen LogP contribution in [-0.4, -0.2) is 108 Å². The third-order valence-corrected chi connectivity index (χ3v) is 9.78. The monoisotopic (exact) mass is 753 g/mol. The summed E-state index contributed by atoms with van der Waals surface area (Å²) in [6, 6.07) is -5.07. The average Bonchev–Trinajstić information content (AvgIpc) is 3.10. The molecule has 0 aromatic rings. The molecule has 0 saturated carbocycles. The van der Waals surface area contributed by atoms with Gasteiger partial charge in [0.2, 0.25) is 29.5 Å². The smallest absolute Gasteiger partial charge is 0.325 e. The van der Waals surface area contributed by atoms with Crippen molar-refractivity contribution < 1.29 is 38.6 Å². The Morgan fingerprint density at radius 1 is 0.887 bits per heavy atom. The normalized spacial score (nSPS) is 25.5. The highest BCUT2D eigenvalue weighted by molar-refractivity contribution is 5.96. The van der Waals surface area contributed by atoms with Gasteiger partial charge in [0.15, 0.2) is 5.96 Å². The van der Waals surface area contributed by atoms with Crippen LogP contribution in [0, 0.1) is 23.2 Å². The highest BCUT2D eigenvalue weighted by Gasteiger charge is 2.38. The molecule has 16 heteroatoms. The maximum atomic E-state index is 14.1. The van der Waals surface area contributed by atoms with Gasteiger partial charge in [0.05, 0.1) is 12.0 Å². The molecule has 0 aliphatic carbocycles. The third-order valence-electron chi connectivity index (χ3n) is 9.78. The minimum absolute atomic E-state index is 0.0176. The number of guanidine groups is 1. The molecule has 1 saturated heterocycles. The van der Waals surface area contributed by atoms with Crippen LogP contribution in [0.1, 0.15) is 119 Å². The Hall–Kier alpha value is -3.95. The topological polar surface area (TPSA) is 245 Å². The standard InChI is InChI=1S/C37H68N8O8/c1-9-11-12-13-14-15-16-17-18-28-24(6)36(52)45(8)27(19-22(3)4)33(49)43-30(23(5)10-2)35(51)42-26(20-41-37(38)39)32(48)44-31(25(7)46)34(50)40-21-29(47)53-28/h22-28,30-31,46H,9-21H2,1-8H3,(H,40,50)(H,42,51)(H,43,49)(H,44,48)(H4,38,39,41)/t23?,24-,25?,26+,27+,28-,30+,31+/m1/s1. The van der Waals surface area contributed by atoms with E-state index in [1.165, 1.54) is 31.7 Å². The number of cyclic esters (lactones) is 1. The van der Waals surface area contributed by atoms with Gasteiger partial charge >= 0.3 is 5.97 Å². The van der Waals surface area contributed by atoms with E-state index in [0.29, 0.717) is 19.3 Å². The number of amides is 5. The van der Waals surface area contributed by atoms with E-state index < -0.39 is 96.2 Å². The summed E-state index contributed by atoms with van der Waals surface area (Å²) in [4.78, 5) is 83.1. The lowest BCUT2D eigenvalue weighted by molar-refractivity contribution is -0.157. The number of esters is 1. The van der Waals surface area contributed by atoms with Crippen molar-refractivity contribution in [2.75, 3.05) is 20.1 Å². The van der Waals surface area contributed by atoms with Crippen molar-refractivity contribution in [1.82, 2.24) is 31.5 Å². The molecule has 2 unspecified atom stereocenters. The van der Waals surface area contributed by atoms with Gasteiger partial charge in [-0.2, -0.15) is 0 Å². The van der Waals surface area contributed by atoms with Gasteiger partial charge in [-0.15, -0.1) is 0 Å². The fourth-order valence-corrected chi connectivity index (χ4v) is 6.18. The Kier molecular flexibility index (Phi) is 21.7. The minimum atomic E-state index is -1.54. The van der Waals surface area contributed by atoms with Crippen LogP contribution in [0.5, 0.6) is 0 Å². The summed E-state index contributed by atoms with van der Waals surface area (Å²) in [6.07, 6.45) is 7.20. The van der Waals surface area contributed by atoms with E-state index in [2.05, 4.69) is 33.5 Å². The van der Waals surface area contributed by atoms with Crippen LogP contribution < -0.4 is 32.3 Å². The highest BCUT2D eigenvalue weighted by Crippen LogP contribution is 2.22. The molecule has 1 aliphatic heterocycles. The van der Waals surface area contributed by atoms with Gasteiger partial charge in [-0.25, -0.2) is 0 Å². The highest BCUT2D eigenvalue weighted by atomic mass is 16.5. The Labute approximate surface area is 315 Å². The first-order valence-electron chi connectivity index (χ1n) is 19.4. The van der Waals surface area contributed by atoms with Crippen molar-refractivity contribution in [3.05, 3.63) is 0 Å². The van der Waals surface area contributed by atoms with Gasteiger partial charge in [0.1, 0.15) is 36.8 Å². The molecule has 5 amide bonds. The lowest BCUT2D eigenvalue weighted by Crippen LogP contribution is -2.63. The summed E-state index contributed by atoms with van der Waals surface area (Å²) in [5.74, 6) is -6.08. The summed E-state index contributed by atoms with van der Waals surface area (Å²) in [7, 11) is 1.52. The minimum Gasteiger partial charge on any atom is -0.460 e. The van der Waals surface area contributed by atoms with Crippen LogP contribution in [0.25, 0.3) is 0 Å². The molecule has 0 aromatic carbocycles. The number of aliphatic hydroxyl groups excluding tert-OH is 1. The fraction of sp³-hybridized carbons (Fsp3) is 0.811. The van der Waals surface area contributed by atoms with Gasteiger partial charge in [-0.05, 0) is 38.0 Å². The molecule has 1 heterocycles. The number of nitrogens with two attached hydrogens (primary N) is 1. The Balaban J connectivity index is 3.59. The maximum Gasteiger partial charge on any atom is 0.325 e. The van der Waals surface area contributed by atoms with Crippen molar-refractivity contribution in [2.45, 2.75) is 155 Å². The molecular formula is C37H68N8O8. The maximum absolute atomic E-state index is 14.1. The van der Waals surface area contributed by atoms with Gasteiger partial charge in [-0.1, -0.05) is 92.9 Å². The summed E-state index contributed by atoms with van der Waals surface area (Å²) in [5, 5.41) is 30.7. The van der Waals surface area contributed by atoms with Gasteiger partial charge in [0.25, 0.3) is 0 Å². The number of carbonyl (C=O) groups excluding carboxylic acids is 6. The largest absolute Gasteiger partial charge is 0.460 e. The zero-order valence-corrected chi connectivity index (χ0v) is 33.2. The van der Waals surface area contributed by atoms with Crippen LogP contribution in [0.3, 0.4) is 0 Å². The molecule has 0 radical (unpaired) electrons. The number of ether oxygens (including phenoxy) is 1. The molecule has 0 aromatic heterocycles. The number of carbonyl (C=O) groups is 6. The number of aliphatic hydroxyl groups is 1. The van der Waals surface area contributed by atoms with Gasteiger partial charge < -0.3 is 47.1 Å². The summed E-state index contributed by atoms with van der Waals surface area (Å²) >= 11 is 0. The molecule has 1 aliphatic rings. The Bertz CT molecular complexity index is 1220. The van der Waals surface area contributed by atoms with E-state index in [9.17, 15) is 33.9 Å². The van der Waals surface area contributed by atoms with Crippen LogP contribution in [-0.2, 0) is 33.5 Å². The first-order chi connectivity index (χ1) is 24.9. The van der Waals surface area contributed by atoms with Crippen molar-refractivity contribution in [3.63, 3.8) is 0 Å². The molecule has 1 fully saturated rings. The fourth-order valence-electron chi connectivity index (χ4n) is 6.18. The van der Waals surface area contributed by atoms with E-state index >= 15 is 0 Å². The summed E-state index contributed by atoms with van der Waals surface area (Å²) in [5.41, 5.74) is 5.45. The molecular weight excluding hydrogens is 684 g/mol. The summed E-state index contributed by atoms with van der Waals surface area (Å²) < 4.78 is 5.82. The lowest BCUT2D eigenvalue weighted by Gasteiger charge is -2.34. The van der Waals surface area contributed by atoms with Crippen LogP contribution in [0.2, 0.25) is 0 Å². The van der Waals surface area contributed by atoms with Crippen molar-refractivity contribution in [1.29, 1.82) is 5.41 Å². The third kappa shape index (κ3) is 16.7. The van der Waals surface area contributed by atoms with Crippen molar-refractivity contribution in [3.8, 4) is 0 Å². The Morgan fingerprint density at radius 2 is 1.47 bits per heavy atom. The molecule has 53 heavy (non-hydrogen) atoms. The van der Waals surface area contributed by atoms with E-state index in [0.717, 1.165) is 32.1 Å². The second-order valence-electron chi connectivity index (χ2n) is 14.8. The number of rotatable bonds is 16. The second kappa shape index (κ2) is 24.4. The Morgan fingerprint density at radius 3 is 2.02 bits per heavy atom. The lowest BCUT2D eigenvalue weighted by atomic mass is 9.94.